The number of carboxylic acid groups (broad SMARTS) is 1. The predicted molar refractivity (Wildman–Crippen MR) is 133 cm³/mol. The van der Waals surface area contributed by atoms with Crippen LogP contribution in [-0.4, -0.2) is 53.7 Å². The molecule has 1 heterocycles. The molecule has 35 heavy (non-hydrogen) atoms. The summed E-state index contributed by atoms with van der Waals surface area (Å²) in [4.78, 5) is 39.4. The third-order valence-corrected chi connectivity index (χ3v) is 7.81. The molecule has 1 fully saturated rings. The highest BCUT2D eigenvalue weighted by molar-refractivity contribution is 5.85. The van der Waals surface area contributed by atoms with Gasteiger partial charge in [-0.15, -0.1) is 0 Å². The standard InChI is InChI=1S/C28H34N2O5/c1-4-24-22(25(31)32)14-15-30(24)26(33)28(3,5-2)17-29-27(34)35-16-23-20-12-8-6-10-18(20)19-11-7-9-13-21(19)23/h6-13,22-24H,4-5,14-17H2,1-3H3,(H,29,34)(H,31,32). The van der Waals surface area contributed by atoms with Gasteiger partial charge in [-0.2, -0.15) is 0 Å². The van der Waals surface area contributed by atoms with Gasteiger partial charge < -0.3 is 20.1 Å². The molecule has 7 heteroatoms. The van der Waals surface area contributed by atoms with Gasteiger partial charge in [-0.1, -0.05) is 62.4 Å². The van der Waals surface area contributed by atoms with Crippen LogP contribution in [0.1, 0.15) is 57.1 Å². The average molecular weight is 479 g/mol. The maximum absolute atomic E-state index is 13.4. The molecule has 1 aliphatic heterocycles. The van der Waals surface area contributed by atoms with Gasteiger partial charge >= 0.3 is 12.1 Å². The highest BCUT2D eigenvalue weighted by atomic mass is 16.5. The number of hydrogen-bond donors (Lipinski definition) is 2. The maximum Gasteiger partial charge on any atom is 0.407 e. The van der Waals surface area contributed by atoms with Crippen LogP contribution in [-0.2, 0) is 14.3 Å². The van der Waals surface area contributed by atoms with E-state index in [-0.39, 0.29) is 31.0 Å². The number of alkyl carbamates (subject to hydrolysis) is 1. The van der Waals surface area contributed by atoms with Crippen LogP contribution in [0.5, 0.6) is 0 Å². The van der Waals surface area contributed by atoms with E-state index in [1.54, 1.807) is 4.90 Å². The number of carboxylic acids is 1. The first-order valence-corrected chi connectivity index (χ1v) is 12.4. The number of likely N-dealkylation sites (tertiary alicyclic amines) is 1. The number of aliphatic carboxylic acids is 1. The predicted octanol–water partition coefficient (Wildman–Crippen LogP) is 4.65. The molecule has 1 saturated heterocycles. The fraction of sp³-hybridized carbons (Fsp3) is 0.464. The lowest BCUT2D eigenvalue weighted by atomic mass is 9.85. The third-order valence-electron chi connectivity index (χ3n) is 7.81. The summed E-state index contributed by atoms with van der Waals surface area (Å²) < 4.78 is 5.62. The van der Waals surface area contributed by atoms with Gasteiger partial charge in [0.05, 0.1) is 11.3 Å². The van der Waals surface area contributed by atoms with Crippen molar-refractivity contribution in [2.75, 3.05) is 19.7 Å². The van der Waals surface area contributed by atoms with E-state index in [0.717, 1.165) is 22.3 Å². The largest absolute Gasteiger partial charge is 0.481 e. The Balaban J connectivity index is 1.38. The second-order valence-electron chi connectivity index (χ2n) is 9.80. The molecule has 186 valence electrons. The molecule has 7 nitrogen and oxygen atoms in total. The van der Waals surface area contributed by atoms with Crippen LogP contribution in [0.2, 0.25) is 0 Å². The molecule has 2 aromatic carbocycles. The lowest BCUT2D eigenvalue weighted by Crippen LogP contribution is -2.50. The van der Waals surface area contributed by atoms with Crippen molar-refractivity contribution in [3.05, 3.63) is 59.7 Å². The lowest BCUT2D eigenvalue weighted by Gasteiger charge is -2.35. The summed E-state index contributed by atoms with van der Waals surface area (Å²) >= 11 is 0. The summed E-state index contributed by atoms with van der Waals surface area (Å²) in [5.41, 5.74) is 3.77. The maximum atomic E-state index is 13.4. The number of rotatable bonds is 8. The molecule has 3 unspecified atom stereocenters. The summed E-state index contributed by atoms with van der Waals surface area (Å²) in [6.45, 7) is 6.40. The van der Waals surface area contributed by atoms with Crippen LogP contribution in [0, 0.1) is 11.3 Å². The van der Waals surface area contributed by atoms with Crippen molar-refractivity contribution < 1.29 is 24.2 Å². The normalized spacial score (nSPS) is 20.6. The zero-order chi connectivity index (χ0) is 25.2. The minimum Gasteiger partial charge on any atom is -0.481 e. The number of nitrogens with zero attached hydrogens (tertiary/aromatic N) is 1. The Morgan fingerprint density at radius 1 is 1.06 bits per heavy atom. The first-order chi connectivity index (χ1) is 16.8. The van der Waals surface area contributed by atoms with Gasteiger partial charge in [0, 0.05) is 25.0 Å². The number of amides is 2. The van der Waals surface area contributed by atoms with E-state index in [2.05, 4.69) is 29.6 Å². The Labute approximate surface area is 206 Å². The van der Waals surface area contributed by atoms with E-state index < -0.39 is 23.4 Å². The molecule has 4 rings (SSSR count). The van der Waals surface area contributed by atoms with Gasteiger partial charge in [-0.05, 0) is 48.4 Å². The van der Waals surface area contributed by atoms with Crippen molar-refractivity contribution in [2.45, 2.75) is 52.0 Å². The second-order valence-corrected chi connectivity index (χ2v) is 9.80. The second kappa shape index (κ2) is 10.1. The van der Waals surface area contributed by atoms with Crippen molar-refractivity contribution in [2.24, 2.45) is 11.3 Å². The summed E-state index contributed by atoms with van der Waals surface area (Å²) in [6, 6.07) is 16.0. The molecular weight excluding hydrogens is 444 g/mol. The van der Waals surface area contributed by atoms with Gasteiger partial charge in [-0.3, -0.25) is 9.59 Å². The molecule has 2 N–H and O–H groups in total. The topological polar surface area (TPSA) is 95.9 Å². The number of benzene rings is 2. The summed E-state index contributed by atoms with van der Waals surface area (Å²) in [5, 5.41) is 12.3. The average Bonchev–Trinajstić information content (AvgIpc) is 3.45. The Morgan fingerprint density at radius 2 is 1.66 bits per heavy atom. The molecule has 2 aromatic rings. The van der Waals surface area contributed by atoms with Gasteiger partial charge in [0.2, 0.25) is 5.91 Å². The minimum atomic E-state index is -0.859. The first-order valence-electron chi connectivity index (χ1n) is 12.4. The van der Waals surface area contributed by atoms with E-state index in [9.17, 15) is 19.5 Å². The highest BCUT2D eigenvalue weighted by Gasteiger charge is 2.45. The molecule has 3 atom stereocenters. The smallest absolute Gasteiger partial charge is 0.407 e. The van der Waals surface area contributed by atoms with Crippen LogP contribution in [0.4, 0.5) is 4.79 Å². The van der Waals surface area contributed by atoms with Crippen molar-refractivity contribution in [3.63, 3.8) is 0 Å². The molecule has 0 bridgehead atoms. The van der Waals surface area contributed by atoms with Gasteiger partial charge in [0.15, 0.2) is 0 Å². The van der Waals surface area contributed by atoms with Crippen molar-refractivity contribution in [1.82, 2.24) is 10.2 Å². The molecule has 2 aliphatic rings. The van der Waals surface area contributed by atoms with Crippen molar-refractivity contribution >= 4 is 18.0 Å². The van der Waals surface area contributed by atoms with Gasteiger partial charge in [0.1, 0.15) is 6.61 Å². The lowest BCUT2D eigenvalue weighted by molar-refractivity contribution is -0.146. The Hall–Kier alpha value is -3.35. The van der Waals surface area contributed by atoms with E-state index >= 15 is 0 Å². The molecule has 0 aromatic heterocycles. The molecule has 1 aliphatic carbocycles. The number of carbonyl (C=O) groups is 3. The van der Waals surface area contributed by atoms with Crippen LogP contribution in [0.3, 0.4) is 0 Å². The quantitative estimate of drug-likeness (QED) is 0.576. The Bertz CT molecular complexity index is 1070. The van der Waals surface area contributed by atoms with E-state index in [4.69, 9.17) is 4.74 Å². The molecule has 0 radical (unpaired) electrons. The van der Waals surface area contributed by atoms with Gasteiger partial charge in [-0.25, -0.2) is 4.79 Å². The SMILES string of the molecule is CCC1C(C(=O)O)CCN1C(=O)C(C)(CC)CNC(=O)OCC1c2ccccc2-c2ccccc21. The first kappa shape index (κ1) is 24.8. The van der Waals surface area contributed by atoms with Crippen molar-refractivity contribution in [1.29, 1.82) is 0 Å². The molecule has 0 spiro atoms. The number of hydrogen-bond acceptors (Lipinski definition) is 4. The highest BCUT2D eigenvalue weighted by Crippen LogP contribution is 2.44. The fourth-order valence-electron chi connectivity index (χ4n) is 5.51. The molecular formula is C28H34N2O5. The summed E-state index contributed by atoms with van der Waals surface area (Å²) in [5.74, 6) is -1.55. The monoisotopic (exact) mass is 478 g/mol. The Morgan fingerprint density at radius 3 is 2.20 bits per heavy atom. The zero-order valence-corrected chi connectivity index (χ0v) is 20.6. The fourth-order valence-corrected chi connectivity index (χ4v) is 5.51. The van der Waals surface area contributed by atoms with E-state index in [1.807, 2.05) is 45.0 Å². The number of nitrogens with one attached hydrogen (secondary N) is 1. The number of fused-ring (bicyclic) bond motifs is 3. The number of carbonyl (C=O) groups excluding carboxylic acids is 2. The van der Waals surface area contributed by atoms with Crippen LogP contribution in [0.15, 0.2) is 48.5 Å². The van der Waals surface area contributed by atoms with Crippen LogP contribution >= 0.6 is 0 Å². The summed E-state index contributed by atoms with van der Waals surface area (Å²) in [7, 11) is 0. The third kappa shape index (κ3) is 4.64. The van der Waals surface area contributed by atoms with Crippen LogP contribution in [0.25, 0.3) is 11.1 Å². The van der Waals surface area contributed by atoms with E-state index in [1.165, 1.54) is 0 Å². The molecule has 0 saturated carbocycles. The summed E-state index contributed by atoms with van der Waals surface area (Å²) in [6.07, 6.45) is 0.998. The van der Waals surface area contributed by atoms with Crippen molar-refractivity contribution in [3.8, 4) is 11.1 Å². The van der Waals surface area contributed by atoms with Crippen LogP contribution < -0.4 is 5.32 Å². The van der Waals surface area contributed by atoms with Gasteiger partial charge in [0.25, 0.3) is 0 Å². The number of ether oxygens (including phenoxy) is 1. The zero-order valence-electron chi connectivity index (χ0n) is 20.6. The van der Waals surface area contributed by atoms with E-state index in [0.29, 0.717) is 25.8 Å². The minimum absolute atomic E-state index is 0.0322. The molecule has 2 amide bonds. The Kier molecular flexibility index (Phi) is 7.15.